The molecule has 1 N–H and O–H groups in total. The second-order valence-corrected chi connectivity index (χ2v) is 2.93. The molecule has 0 aliphatic carbocycles. The van der Waals surface area contributed by atoms with Crippen molar-refractivity contribution in [3.8, 4) is 0 Å². The van der Waals surface area contributed by atoms with Crippen LogP contribution in [0, 0.1) is 0 Å². The minimum absolute atomic E-state index is 0.651. The van der Waals surface area contributed by atoms with Gasteiger partial charge in [0.05, 0.1) is 0 Å². The summed E-state index contributed by atoms with van der Waals surface area (Å²) in [6.45, 7) is 0.668. The molecule has 1 aromatic rings. The Labute approximate surface area is 85.8 Å². The van der Waals surface area contributed by atoms with Crippen molar-refractivity contribution >= 4 is 6.08 Å². The first kappa shape index (κ1) is 11.7. The van der Waals surface area contributed by atoms with E-state index >= 15 is 0 Å². The number of nitrogens with one attached hydrogen (secondary N) is 1. The zero-order valence-electron chi connectivity index (χ0n) is 8.17. The van der Waals surface area contributed by atoms with E-state index in [9.17, 15) is 13.2 Å². The van der Waals surface area contributed by atoms with Gasteiger partial charge < -0.3 is 5.32 Å². The fourth-order valence-electron chi connectivity index (χ4n) is 0.984. The molecule has 0 aliphatic rings. The largest absolute Gasteiger partial charge is 0.433 e. The Morgan fingerprint density at radius 2 is 2.13 bits per heavy atom. The van der Waals surface area contributed by atoms with Crippen molar-refractivity contribution in [1.29, 1.82) is 0 Å². The molecule has 0 fully saturated rings. The van der Waals surface area contributed by atoms with Gasteiger partial charge in [-0.2, -0.15) is 13.2 Å². The summed E-state index contributed by atoms with van der Waals surface area (Å²) in [4.78, 5) is 3.33. The molecule has 1 rings (SSSR count). The summed E-state index contributed by atoms with van der Waals surface area (Å²) in [5.74, 6) is 0. The average molecular weight is 216 g/mol. The molecular weight excluding hydrogens is 205 g/mol. The van der Waals surface area contributed by atoms with Crippen LogP contribution in [0.4, 0.5) is 13.2 Å². The molecule has 0 aliphatic heterocycles. The molecule has 15 heavy (non-hydrogen) atoms. The molecule has 5 heteroatoms. The van der Waals surface area contributed by atoms with Gasteiger partial charge in [-0.15, -0.1) is 0 Å². The maximum absolute atomic E-state index is 12.1. The van der Waals surface area contributed by atoms with Crippen LogP contribution in [-0.4, -0.2) is 18.6 Å². The number of alkyl halides is 3. The van der Waals surface area contributed by atoms with Gasteiger partial charge >= 0.3 is 6.18 Å². The highest BCUT2D eigenvalue weighted by Crippen LogP contribution is 2.27. The van der Waals surface area contributed by atoms with Crippen molar-refractivity contribution in [3.05, 3.63) is 35.7 Å². The second kappa shape index (κ2) is 4.93. The van der Waals surface area contributed by atoms with E-state index in [1.165, 1.54) is 12.3 Å². The van der Waals surface area contributed by atoms with Gasteiger partial charge in [-0.1, -0.05) is 18.2 Å². The van der Waals surface area contributed by atoms with Gasteiger partial charge in [-0.05, 0) is 18.7 Å². The Bertz CT molecular complexity index is 328. The predicted molar refractivity (Wildman–Crippen MR) is 52.2 cm³/mol. The SMILES string of the molecule is CNCC=Cc1ccc(C(F)(F)F)nc1. The quantitative estimate of drug-likeness (QED) is 0.838. The van der Waals surface area contributed by atoms with Crippen LogP contribution in [0.1, 0.15) is 11.3 Å². The topological polar surface area (TPSA) is 24.9 Å². The number of pyridine rings is 1. The van der Waals surface area contributed by atoms with E-state index in [0.29, 0.717) is 12.1 Å². The Morgan fingerprint density at radius 1 is 1.40 bits per heavy atom. The van der Waals surface area contributed by atoms with Crippen LogP contribution < -0.4 is 5.32 Å². The molecule has 0 saturated carbocycles. The Hall–Kier alpha value is -1.36. The van der Waals surface area contributed by atoms with Crippen molar-refractivity contribution in [3.63, 3.8) is 0 Å². The van der Waals surface area contributed by atoms with Crippen LogP contribution in [0.5, 0.6) is 0 Å². The molecule has 0 saturated heterocycles. The molecule has 0 radical (unpaired) electrons. The lowest BCUT2D eigenvalue weighted by atomic mass is 10.2. The maximum Gasteiger partial charge on any atom is 0.433 e. The number of likely N-dealkylation sites (N-methyl/N-ethyl adjacent to an activating group) is 1. The normalized spacial score (nSPS) is 12.3. The molecule has 1 aromatic heterocycles. The Kier molecular flexibility index (Phi) is 3.85. The van der Waals surface area contributed by atoms with Crippen LogP contribution >= 0.6 is 0 Å². The van der Waals surface area contributed by atoms with Gasteiger partial charge in [-0.3, -0.25) is 4.98 Å². The third kappa shape index (κ3) is 3.71. The Morgan fingerprint density at radius 3 is 2.60 bits per heavy atom. The van der Waals surface area contributed by atoms with E-state index in [2.05, 4.69) is 10.3 Å². The summed E-state index contributed by atoms with van der Waals surface area (Å²) >= 11 is 0. The van der Waals surface area contributed by atoms with E-state index in [4.69, 9.17) is 0 Å². The summed E-state index contributed by atoms with van der Waals surface area (Å²) in [6, 6.07) is 2.36. The van der Waals surface area contributed by atoms with Crippen molar-refractivity contribution in [2.75, 3.05) is 13.6 Å². The first-order valence-corrected chi connectivity index (χ1v) is 4.38. The predicted octanol–water partition coefficient (Wildman–Crippen LogP) is 2.33. The number of aromatic nitrogens is 1. The number of nitrogens with zero attached hydrogens (tertiary/aromatic N) is 1. The van der Waals surface area contributed by atoms with E-state index < -0.39 is 11.9 Å². The zero-order valence-corrected chi connectivity index (χ0v) is 8.17. The van der Waals surface area contributed by atoms with Crippen LogP contribution in [0.25, 0.3) is 6.08 Å². The molecule has 0 atom stereocenters. The minimum atomic E-state index is -4.37. The van der Waals surface area contributed by atoms with Gasteiger partial charge in [0.1, 0.15) is 5.69 Å². The third-order valence-electron chi connectivity index (χ3n) is 1.71. The molecule has 2 nitrogen and oxygen atoms in total. The van der Waals surface area contributed by atoms with Crippen molar-refractivity contribution in [1.82, 2.24) is 10.3 Å². The van der Waals surface area contributed by atoms with Gasteiger partial charge in [-0.25, -0.2) is 0 Å². The lowest BCUT2D eigenvalue weighted by Crippen LogP contribution is -2.07. The number of rotatable bonds is 3. The van der Waals surface area contributed by atoms with E-state index in [1.54, 1.807) is 13.1 Å². The van der Waals surface area contributed by atoms with Gasteiger partial charge in [0.15, 0.2) is 0 Å². The monoisotopic (exact) mass is 216 g/mol. The molecule has 0 spiro atoms. The standard InChI is InChI=1S/C10H11F3N2/c1-14-6-2-3-8-4-5-9(15-7-8)10(11,12)13/h2-5,7,14H,6H2,1H3. The summed E-state index contributed by atoms with van der Waals surface area (Å²) in [5.41, 5.74) is -0.216. The highest BCUT2D eigenvalue weighted by Gasteiger charge is 2.31. The molecule has 0 aromatic carbocycles. The molecule has 82 valence electrons. The number of hydrogen-bond acceptors (Lipinski definition) is 2. The van der Waals surface area contributed by atoms with E-state index in [0.717, 1.165) is 6.07 Å². The smallest absolute Gasteiger partial charge is 0.316 e. The summed E-state index contributed by atoms with van der Waals surface area (Å²) in [5, 5.41) is 2.89. The summed E-state index contributed by atoms with van der Waals surface area (Å²) in [6.07, 6.45) is 0.357. The fraction of sp³-hybridized carbons (Fsp3) is 0.300. The lowest BCUT2D eigenvalue weighted by Gasteiger charge is -2.04. The molecule has 0 amide bonds. The van der Waals surface area contributed by atoms with Crippen molar-refractivity contribution in [2.24, 2.45) is 0 Å². The van der Waals surface area contributed by atoms with E-state index in [1.807, 2.05) is 6.08 Å². The highest BCUT2D eigenvalue weighted by molar-refractivity contribution is 5.48. The summed E-state index contributed by atoms with van der Waals surface area (Å²) in [7, 11) is 1.79. The highest BCUT2D eigenvalue weighted by atomic mass is 19.4. The molecule has 0 bridgehead atoms. The number of halogens is 3. The molecule has 0 unspecified atom stereocenters. The molecular formula is C10H11F3N2. The summed E-state index contributed by atoms with van der Waals surface area (Å²) < 4.78 is 36.4. The third-order valence-corrected chi connectivity index (χ3v) is 1.71. The number of hydrogen-bond donors (Lipinski definition) is 1. The van der Waals surface area contributed by atoms with Gasteiger partial charge in [0.2, 0.25) is 0 Å². The first-order valence-electron chi connectivity index (χ1n) is 4.38. The fourth-order valence-corrected chi connectivity index (χ4v) is 0.984. The zero-order chi connectivity index (χ0) is 11.3. The van der Waals surface area contributed by atoms with Gasteiger partial charge in [0, 0.05) is 12.7 Å². The van der Waals surface area contributed by atoms with Crippen molar-refractivity contribution in [2.45, 2.75) is 6.18 Å². The van der Waals surface area contributed by atoms with Crippen LogP contribution in [-0.2, 0) is 6.18 Å². The average Bonchev–Trinajstić information content (AvgIpc) is 2.18. The van der Waals surface area contributed by atoms with Crippen LogP contribution in [0.3, 0.4) is 0 Å². The van der Waals surface area contributed by atoms with Gasteiger partial charge in [0.25, 0.3) is 0 Å². The van der Waals surface area contributed by atoms with Crippen LogP contribution in [0.2, 0.25) is 0 Å². The molecule has 1 heterocycles. The van der Waals surface area contributed by atoms with Crippen LogP contribution in [0.15, 0.2) is 24.4 Å². The minimum Gasteiger partial charge on any atom is -0.316 e. The first-order chi connectivity index (χ1) is 7.04. The lowest BCUT2D eigenvalue weighted by molar-refractivity contribution is -0.141. The maximum atomic E-state index is 12.1. The van der Waals surface area contributed by atoms with Crippen molar-refractivity contribution < 1.29 is 13.2 Å². The second-order valence-electron chi connectivity index (χ2n) is 2.93. The van der Waals surface area contributed by atoms with E-state index in [-0.39, 0.29) is 0 Å². The Balaban J connectivity index is 2.73.